The highest BCUT2D eigenvalue weighted by molar-refractivity contribution is 6.30. The van der Waals surface area contributed by atoms with Crippen molar-refractivity contribution in [1.29, 1.82) is 0 Å². The minimum atomic E-state index is -0.857. The number of rotatable bonds is 3. The second-order valence-corrected chi connectivity index (χ2v) is 6.16. The molecule has 0 radical (unpaired) electrons. The fraction of sp³-hybridized carbons (Fsp3) is 0.400. The smallest absolute Gasteiger partial charge is 0.248 e. The standard InChI is InChI=1S/C15H16ClFN4O2/c1-9(22)21-6-5-15(18,8-21)14-19-12(20-23-14)7-10-3-2-4-11(16)13(10)17/h2-4H,5-8,18H2,1H3. The third-order valence-corrected chi connectivity index (χ3v) is 4.31. The lowest BCUT2D eigenvalue weighted by atomic mass is 10.0. The Bertz CT molecular complexity index is 751. The van der Waals surface area contributed by atoms with Crippen molar-refractivity contribution in [3.8, 4) is 0 Å². The number of likely N-dealkylation sites (tertiary alicyclic amines) is 1. The van der Waals surface area contributed by atoms with Crippen molar-refractivity contribution in [2.24, 2.45) is 5.73 Å². The van der Waals surface area contributed by atoms with E-state index in [1.807, 2.05) is 0 Å². The molecule has 122 valence electrons. The summed E-state index contributed by atoms with van der Waals surface area (Å²) in [4.78, 5) is 17.3. The maximum Gasteiger partial charge on any atom is 0.248 e. The molecule has 1 aromatic heterocycles. The summed E-state index contributed by atoms with van der Waals surface area (Å²) in [6.07, 6.45) is 0.697. The summed E-state index contributed by atoms with van der Waals surface area (Å²) in [5.41, 5.74) is 5.81. The van der Waals surface area contributed by atoms with Crippen LogP contribution in [0.5, 0.6) is 0 Å². The number of benzene rings is 1. The summed E-state index contributed by atoms with van der Waals surface area (Å²) in [6, 6.07) is 4.75. The van der Waals surface area contributed by atoms with Gasteiger partial charge < -0.3 is 15.2 Å². The minimum absolute atomic E-state index is 0.0435. The monoisotopic (exact) mass is 338 g/mol. The molecule has 1 unspecified atom stereocenters. The molecule has 1 aromatic carbocycles. The van der Waals surface area contributed by atoms with Crippen LogP contribution in [0.25, 0.3) is 0 Å². The minimum Gasteiger partial charge on any atom is -0.340 e. The summed E-state index contributed by atoms with van der Waals surface area (Å²) >= 11 is 5.76. The first-order chi connectivity index (χ1) is 10.9. The van der Waals surface area contributed by atoms with E-state index in [1.165, 1.54) is 13.0 Å². The van der Waals surface area contributed by atoms with E-state index >= 15 is 0 Å². The number of aromatic nitrogens is 2. The fourth-order valence-corrected chi connectivity index (χ4v) is 2.85. The average Bonchev–Trinajstić information content (AvgIpc) is 3.12. The number of carbonyl (C=O) groups is 1. The van der Waals surface area contributed by atoms with Crippen molar-refractivity contribution in [3.05, 3.63) is 46.3 Å². The van der Waals surface area contributed by atoms with Crippen molar-refractivity contribution in [2.75, 3.05) is 13.1 Å². The van der Waals surface area contributed by atoms with Gasteiger partial charge in [-0.05, 0) is 18.1 Å². The summed E-state index contributed by atoms with van der Waals surface area (Å²) in [7, 11) is 0. The molecule has 0 aliphatic carbocycles. The Kier molecular flexibility index (Phi) is 4.08. The van der Waals surface area contributed by atoms with Crippen LogP contribution in [-0.2, 0) is 16.8 Å². The SMILES string of the molecule is CC(=O)N1CCC(N)(c2nc(Cc3cccc(Cl)c3F)no2)C1. The first-order valence-electron chi connectivity index (χ1n) is 7.19. The molecule has 1 aliphatic rings. The molecule has 1 saturated heterocycles. The zero-order valence-corrected chi connectivity index (χ0v) is 13.3. The number of carbonyl (C=O) groups excluding carboxylic acids is 1. The number of amides is 1. The zero-order chi connectivity index (χ0) is 16.6. The van der Waals surface area contributed by atoms with Crippen molar-refractivity contribution in [1.82, 2.24) is 15.0 Å². The highest BCUT2D eigenvalue weighted by atomic mass is 35.5. The molecule has 0 spiro atoms. The van der Waals surface area contributed by atoms with Crippen LogP contribution in [0.15, 0.2) is 22.7 Å². The van der Waals surface area contributed by atoms with Crippen molar-refractivity contribution >= 4 is 17.5 Å². The van der Waals surface area contributed by atoms with Gasteiger partial charge in [-0.25, -0.2) is 4.39 Å². The number of hydrogen-bond acceptors (Lipinski definition) is 5. The van der Waals surface area contributed by atoms with E-state index in [4.69, 9.17) is 21.9 Å². The Balaban J connectivity index is 1.78. The zero-order valence-electron chi connectivity index (χ0n) is 12.6. The van der Waals surface area contributed by atoms with Gasteiger partial charge in [0.1, 0.15) is 11.4 Å². The molecule has 23 heavy (non-hydrogen) atoms. The second kappa shape index (κ2) is 5.90. The first kappa shape index (κ1) is 15.9. The molecular formula is C15H16ClFN4O2. The van der Waals surface area contributed by atoms with E-state index in [0.29, 0.717) is 30.9 Å². The lowest BCUT2D eigenvalue weighted by molar-refractivity contribution is -0.128. The highest BCUT2D eigenvalue weighted by Gasteiger charge is 2.41. The normalized spacial score (nSPS) is 21.0. The maximum absolute atomic E-state index is 13.9. The van der Waals surface area contributed by atoms with Crippen LogP contribution in [0.4, 0.5) is 4.39 Å². The first-order valence-corrected chi connectivity index (χ1v) is 7.57. The molecule has 3 rings (SSSR count). The van der Waals surface area contributed by atoms with E-state index < -0.39 is 11.4 Å². The molecule has 8 heteroatoms. The molecule has 0 bridgehead atoms. The van der Waals surface area contributed by atoms with Gasteiger partial charge >= 0.3 is 0 Å². The third kappa shape index (κ3) is 3.07. The Morgan fingerprint density at radius 1 is 1.57 bits per heavy atom. The Morgan fingerprint density at radius 2 is 2.35 bits per heavy atom. The quantitative estimate of drug-likeness (QED) is 0.923. The number of nitrogens with two attached hydrogens (primary N) is 1. The van der Waals surface area contributed by atoms with Gasteiger partial charge in [-0.1, -0.05) is 28.9 Å². The molecule has 6 nitrogen and oxygen atoms in total. The predicted octanol–water partition coefficient (Wildman–Crippen LogP) is 1.86. The summed E-state index contributed by atoms with van der Waals surface area (Å²) in [6.45, 7) is 2.37. The van der Waals surface area contributed by atoms with E-state index in [-0.39, 0.29) is 23.2 Å². The maximum atomic E-state index is 13.9. The van der Waals surface area contributed by atoms with Crippen LogP contribution < -0.4 is 5.73 Å². The van der Waals surface area contributed by atoms with Gasteiger partial charge in [-0.15, -0.1) is 0 Å². The second-order valence-electron chi connectivity index (χ2n) is 5.75. The highest BCUT2D eigenvalue weighted by Crippen LogP contribution is 2.29. The fourth-order valence-electron chi connectivity index (χ4n) is 2.66. The molecule has 0 saturated carbocycles. The molecular weight excluding hydrogens is 323 g/mol. The molecule has 1 fully saturated rings. The van der Waals surface area contributed by atoms with E-state index in [9.17, 15) is 9.18 Å². The van der Waals surface area contributed by atoms with E-state index in [0.717, 1.165) is 0 Å². The van der Waals surface area contributed by atoms with E-state index in [1.54, 1.807) is 17.0 Å². The predicted molar refractivity (Wildman–Crippen MR) is 81.3 cm³/mol. The average molecular weight is 339 g/mol. The lowest BCUT2D eigenvalue weighted by Crippen LogP contribution is -2.41. The molecule has 1 amide bonds. The molecule has 2 aromatic rings. The van der Waals surface area contributed by atoms with Crippen LogP contribution in [0, 0.1) is 5.82 Å². The molecule has 1 atom stereocenters. The van der Waals surface area contributed by atoms with Gasteiger partial charge in [0, 0.05) is 26.4 Å². The van der Waals surface area contributed by atoms with Gasteiger partial charge in [-0.2, -0.15) is 4.98 Å². The van der Waals surface area contributed by atoms with Gasteiger partial charge in [0.05, 0.1) is 5.02 Å². The number of hydrogen-bond donors (Lipinski definition) is 1. The van der Waals surface area contributed by atoms with Crippen molar-refractivity contribution in [3.63, 3.8) is 0 Å². The number of halogens is 2. The molecule has 2 heterocycles. The largest absolute Gasteiger partial charge is 0.340 e. The van der Waals surface area contributed by atoms with Gasteiger partial charge in [0.15, 0.2) is 5.82 Å². The summed E-state index contributed by atoms with van der Waals surface area (Å²) < 4.78 is 19.2. The van der Waals surface area contributed by atoms with Crippen LogP contribution in [0.1, 0.15) is 30.6 Å². The van der Waals surface area contributed by atoms with Gasteiger partial charge in [-0.3, -0.25) is 4.79 Å². The Morgan fingerprint density at radius 3 is 3.04 bits per heavy atom. The molecule has 1 aliphatic heterocycles. The Labute approximate surface area is 137 Å². The van der Waals surface area contributed by atoms with Crippen LogP contribution in [0.3, 0.4) is 0 Å². The van der Waals surface area contributed by atoms with E-state index in [2.05, 4.69) is 10.1 Å². The summed E-state index contributed by atoms with van der Waals surface area (Å²) in [5.74, 6) is 0.0515. The van der Waals surface area contributed by atoms with Gasteiger partial charge in [0.25, 0.3) is 0 Å². The summed E-state index contributed by atoms with van der Waals surface area (Å²) in [5, 5.41) is 3.91. The lowest BCUT2D eigenvalue weighted by Gasteiger charge is -2.19. The van der Waals surface area contributed by atoms with Crippen LogP contribution in [0.2, 0.25) is 5.02 Å². The number of nitrogens with zero attached hydrogens (tertiary/aromatic N) is 3. The third-order valence-electron chi connectivity index (χ3n) is 4.02. The Hall–Kier alpha value is -1.99. The molecule has 2 N–H and O–H groups in total. The van der Waals surface area contributed by atoms with Crippen LogP contribution in [-0.4, -0.2) is 34.0 Å². The van der Waals surface area contributed by atoms with Crippen molar-refractivity contribution in [2.45, 2.75) is 25.3 Å². The topological polar surface area (TPSA) is 85.2 Å². The van der Waals surface area contributed by atoms with Crippen LogP contribution >= 0.6 is 11.6 Å². The van der Waals surface area contributed by atoms with Crippen molar-refractivity contribution < 1.29 is 13.7 Å². The van der Waals surface area contributed by atoms with Gasteiger partial charge in [0.2, 0.25) is 11.8 Å².